The number of hydrogen-bond donors (Lipinski definition) is 1. The molecule has 4 aliphatic carbocycles. The van der Waals surface area contributed by atoms with E-state index < -0.39 is 5.97 Å². The Balaban J connectivity index is 1.54. The van der Waals surface area contributed by atoms with Crippen LogP contribution in [0.4, 0.5) is 0 Å². The summed E-state index contributed by atoms with van der Waals surface area (Å²) in [6.07, 6.45) is 12.7. The van der Waals surface area contributed by atoms with Gasteiger partial charge in [-0.05, 0) is 105 Å². The first-order chi connectivity index (χ1) is 12.8. The van der Waals surface area contributed by atoms with Crippen molar-refractivity contribution in [1.82, 2.24) is 0 Å². The molecule has 0 saturated heterocycles. The molecule has 0 spiro atoms. The van der Waals surface area contributed by atoms with Crippen molar-refractivity contribution in [3.8, 4) is 0 Å². The standard InChI is InChI=1S/C24H38O3/c1-15(4-9-22(26)27)19-7-8-20-18-6-5-16-14-17(25)10-12-23(16,2)21(18)11-13-24(19,20)3/h5,15,17-21,25H,4,6-14H2,1-3H3,(H,26,27)/p-1/t15-,17+,18+,19-,20+,21+,23+,24-/m1/s1. The van der Waals surface area contributed by atoms with E-state index in [0.717, 1.165) is 43.4 Å². The fourth-order valence-corrected chi connectivity index (χ4v) is 8.16. The minimum atomic E-state index is -0.900. The van der Waals surface area contributed by atoms with Crippen molar-refractivity contribution < 1.29 is 15.0 Å². The van der Waals surface area contributed by atoms with Crippen molar-refractivity contribution in [1.29, 1.82) is 0 Å². The van der Waals surface area contributed by atoms with Crippen molar-refractivity contribution in [2.24, 2.45) is 40.4 Å². The highest BCUT2D eigenvalue weighted by atomic mass is 16.4. The maximum Gasteiger partial charge on any atom is 0.0577 e. The van der Waals surface area contributed by atoms with Crippen LogP contribution in [0.1, 0.15) is 85.0 Å². The number of fused-ring (bicyclic) bond motifs is 5. The van der Waals surface area contributed by atoms with Crippen LogP contribution in [0.5, 0.6) is 0 Å². The maximum absolute atomic E-state index is 10.9. The highest BCUT2D eigenvalue weighted by Gasteiger charge is 2.59. The Bertz CT molecular complexity index is 625. The lowest BCUT2D eigenvalue weighted by atomic mass is 9.47. The van der Waals surface area contributed by atoms with Crippen LogP contribution in [0, 0.1) is 40.4 Å². The summed E-state index contributed by atoms with van der Waals surface area (Å²) < 4.78 is 0. The van der Waals surface area contributed by atoms with Crippen molar-refractivity contribution in [3.63, 3.8) is 0 Å². The summed E-state index contributed by atoms with van der Waals surface area (Å²) in [4.78, 5) is 10.9. The third kappa shape index (κ3) is 3.09. The van der Waals surface area contributed by atoms with Crippen molar-refractivity contribution in [3.05, 3.63) is 11.6 Å². The monoisotopic (exact) mass is 373 g/mol. The highest BCUT2D eigenvalue weighted by molar-refractivity contribution is 5.64. The average Bonchev–Trinajstić information content (AvgIpc) is 2.97. The zero-order chi connectivity index (χ0) is 19.4. The molecule has 3 saturated carbocycles. The number of aliphatic hydroxyl groups is 1. The molecular weight excluding hydrogens is 336 g/mol. The number of carbonyl (C=O) groups excluding carboxylic acids is 1. The van der Waals surface area contributed by atoms with Gasteiger partial charge in [-0.3, -0.25) is 0 Å². The molecular formula is C24H37O3-. The van der Waals surface area contributed by atoms with Crippen LogP contribution < -0.4 is 5.11 Å². The lowest BCUT2D eigenvalue weighted by Gasteiger charge is -2.58. The number of hydrogen-bond acceptors (Lipinski definition) is 3. The Kier molecular flexibility index (Phi) is 4.98. The average molecular weight is 374 g/mol. The van der Waals surface area contributed by atoms with Crippen LogP contribution in [0.25, 0.3) is 0 Å². The van der Waals surface area contributed by atoms with E-state index in [-0.39, 0.29) is 12.5 Å². The van der Waals surface area contributed by atoms with E-state index in [1.807, 2.05) is 0 Å². The predicted molar refractivity (Wildman–Crippen MR) is 105 cm³/mol. The zero-order valence-corrected chi connectivity index (χ0v) is 17.4. The molecule has 0 radical (unpaired) electrons. The fourth-order valence-electron chi connectivity index (χ4n) is 8.16. The van der Waals surface area contributed by atoms with Gasteiger partial charge in [0.2, 0.25) is 0 Å². The van der Waals surface area contributed by atoms with E-state index in [0.29, 0.717) is 22.7 Å². The van der Waals surface area contributed by atoms with Gasteiger partial charge in [-0.1, -0.05) is 32.4 Å². The van der Waals surface area contributed by atoms with Crippen LogP contribution in [0.2, 0.25) is 0 Å². The van der Waals surface area contributed by atoms with Gasteiger partial charge in [0.05, 0.1) is 6.10 Å². The van der Waals surface area contributed by atoms with E-state index in [1.54, 1.807) is 5.57 Å². The lowest BCUT2D eigenvalue weighted by Crippen LogP contribution is -2.50. The second kappa shape index (κ2) is 6.90. The Morgan fingerprint density at radius 3 is 2.74 bits per heavy atom. The molecule has 3 nitrogen and oxygen atoms in total. The molecule has 4 rings (SSSR count). The number of carbonyl (C=O) groups is 1. The summed E-state index contributed by atoms with van der Waals surface area (Å²) in [5, 5.41) is 21.1. The Morgan fingerprint density at radius 2 is 2.00 bits per heavy atom. The maximum atomic E-state index is 10.9. The number of carboxylic acids is 1. The van der Waals surface area contributed by atoms with Crippen LogP contribution >= 0.6 is 0 Å². The summed E-state index contributed by atoms with van der Waals surface area (Å²) >= 11 is 0. The predicted octanol–water partition coefficient (Wildman–Crippen LogP) is 4.09. The van der Waals surface area contributed by atoms with Crippen molar-refractivity contribution in [2.45, 2.75) is 91.1 Å². The largest absolute Gasteiger partial charge is 0.550 e. The molecule has 0 heterocycles. The van der Waals surface area contributed by atoms with Gasteiger partial charge in [0.1, 0.15) is 0 Å². The second-order valence-corrected chi connectivity index (χ2v) is 10.8. The molecule has 0 unspecified atom stereocenters. The second-order valence-electron chi connectivity index (χ2n) is 10.8. The molecule has 0 amide bonds. The van der Waals surface area contributed by atoms with E-state index in [4.69, 9.17) is 0 Å². The Morgan fingerprint density at radius 1 is 1.22 bits per heavy atom. The molecule has 4 aliphatic rings. The Labute approximate surface area is 164 Å². The van der Waals surface area contributed by atoms with Gasteiger partial charge >= 0.3 is 0 Å². The van der Waals surface area contributed by atoms with Gasteiger partial charge in [-0.25, -0.2) is 0 Å². The minimum absolute atomic E-state index is 0.129. The Hall–Kier alpha value is -0.830. The molecule has 3 heteroatoms. The number of carboxylic acid groups (broad SMARTS) is 1. The molecule has 1 N–H and O–H groups in total. The first-order valence-corrected chi connectivity index (χ1v) is 11.3. The summed E-state index contributed by atoms with van der Waals surface area (Å²) in [6, 6.07) is 0. The van der Waals surface area contributed by atoms with Crippen LogP contribution in [-0.4, -0.2) is 17.2 Å². The van der Waals surface area contributed by atoms with E-state index >= 15 is 0 Å². The molecule has 0 bridgehead atoms. The zero-order valence-electron chi connectivity index (χ0n) is 17.4. The quantitative estimate of drug-likeness (QED) is 0.755. The molecule has 27 heavy (non-hydrogen) atoms. The third-order valence-electron chi connectivity index (χ3n) is 9.64. The van der Waals surface area contributed by atoms with Crippen LogP contribution in [0.3, 0.4) is 0 Å². The molecule has 0 aromatic carbocycles. The SMILES string of the molecule is C[C@H](CCC(=O)[O-])[C@H]1CC[C@H]2[C@@H]3CC=C4C[C@@H](O)CC[C@]4(C)[C@H]3CC[C@]12C. The van der Waals surface area contributed by atoms with Gasteiger partial charge in [0.15, 0.2) is 0 Å². The van der Waals surface area contributed by atoms with Gasteiger partial charge in [-0.2, -0.15) is 0 Å². The summed E-state index contributed by atoms with van der Waals surface area (Å²) in [6.45, 7) is 7.28. The minimum Gasteiger partial charge on any atom is -0.550 e. The van der Waals surface area contributed by atoms with Gasteiger partial charge in [-0.15, -0.1) is 0 Å². The van der Waals surface area contributed by atoms with Gasteiger partial charge < -0.3 is 15.0 Å². The molecule has 0 aromatic rings. The number of aliphatic carboxylic acids is 1. The fraction of sp³-hybridized carbons (Fsp3) is 0.875. The molecule has 3 fully saturated rings. The molecule has 0 aromatic heterocycles. The number of aliphatic hydroxyl groups excluding tert-OH is 1. The first kappa shape index (κ1) is 19.5. The molecule has 0 aliphatic heterocycles. The molecule has 8 atom stereocenters. The number of rotatable bonds is 4. The summed E-state index contributed by atoms with van der Waals surface area (Å²) in [7, 11) is 0. The summed E-state index contributed by atoms with van der Waals surface area (Å²) in [5.41, 5.74) is 2.23. The highest BCUT2D eigenvalue weighted by Crippen LogP contribution is 2.67. The lowest BCUT2D eigenvalue weighted by molar-refractivity contribution is -0.306. The van der Waals surface area contributed by atoms with E-state index in [2.05, 4.69) is 26.8 Å². The van der Waals surface area contributed by atoms with Gasteiger partial charge in [0, 0.05) is 5.97 Å². The van der Waals surface area contributed by atoms with Crippen LogP contribution in [0.15, 0.2) is 11.6 Å². The smallest absolute Gasteiger partial charge is 0.0577 e. The molecule has 152 valence electrons. The van der Waals surface area contributed by atoms with E-state index in [1.165, 1.54) is 32.1 Å². The van der Waals surface area contributed by atoms with Gasteiger partial charge in [0.25, 0.3) is 0 Å². The third-order valence-corrected chi connectivity index (χ3v) is 9.64. The van der Waals surface area contributed by atoms with Crippen molar-refractivity contribution in [2.75, 3.05) is 0 Å². The summed E-state index contributed by atoms with van der Waals surface area (Å²) in [5.74, 6) is 2.58. The van der Waals surface area contributed by atoms with Crippen LogP contribution in [-0.2, 0) is 4.79 Å². The topological polar surface area (TPSA) is 60.4 Å². The van der Waals surface area contributed by atoms with E-state index in [9.17, 15) is 15.0 Å². The first-order valence-electron chi connectivity index (χ1n) is 11.3. The normalized spacial score (nSPS) is 47.4. The van der Waals surface area contributed by atoms with Crippen molar-refractivity contribution >= 4 is 5.97 Å². The number of allylic oxidation sites excluding steroid dienone is 1.